The maximum Gasteiger partial charge on any atom is 0.269 e. The fraction of sp³-hybridized carbons (Fsp3) is 0.364. The number of nitro benzene ring substituents is 1. The Kier molecular flexibility index (Phi) is 3.80. The molecule has 92 valence electrons. The first-order valence-corrected chi connectivity index (χ1v) is 5.11. The summed E-state index contributed by atoms with van der Waals surface area (Å²) >= 11 is 0. The van der Waals surface area contributed by atoms with Gasteiger partial charge in [-0.3, -0.25) is 14.9 Å². The zero-order chi connectivity index (χ0) is 13.1. The van der Waals surface area contributed by atoms with E-state index in [-0.39, 0.29) is 11.6 Å². The van der Waals surface area contributed by atoms with Crippen LogP contribution in [0.5, 0.6) is 0 Å². The SMILES string of the molecule is CNC(C)(C)C(=O)Nc1ccc([N+](=O)[O-])cc1. The molecular formula is C11H15N3O3. The molecule has 17 heavy (non-hydrogen) atoms. The van der Waals surface area contributed by atoms with Crippen LogP contribution in [0.4, 0.5) is 11.4 Å². The topological polar surface area (TPSA) is 84.3 Å². The molecule has 0 radical (unpaired) electrons. The van der Waals surface area contributed by atoms with E-state index in [1.807, 2.05) is 0 Å². The lowest BCUT2D eigenvalue weighted by Gasteiger charge is -2.22. The Balaban J connectivity index is 2.76. The number of anilines is 1. The second-order valence-corrected chi connectivity index (χ2v) is 4.13. The molecule has 0 aliphatic carbocycles. The highest BCUT2D eigenvalue weighted by Gasteiger charge is 2.25. The van der Waals surface area contributed by atoms with Crippen molar-refractivity contribution in [1.82, 2.24) is 5.32 Å². The van der Waals surface area contributed by atoms with Crippen LogP contribution < -0.4 is 10.6 Å². The molecule has 0 fully saturated rings. The Labute approximate surface area is 99.2 Å². The lowest BCUT2D eigenvalue weighted by molar-refractivity contribution is -0.384. The number of rotatable bonds is 4. The van der Waals surface area contributed by atoms with Crippen molar-refractivity contribution < 1.29 is 9.72 Å². The number of likely N-dealkylation sites (N-methyl/N-ethyl adjacent to an activating group) is 1. The number of amides is 1. The summed E-state index contributed by atoms with van der Waals surface area (Å²) in [7, 11) is 1.69. The monoisotopic (exact) mass is 237 g/mol. The van der Waals surface area contributed by atoms with Gasteiger partial charge in [-0.1, -0.05) is 0 Å². The standard InChI is InChI=1S/C11H15N3O3/c1-11(2,12-3)10(15)13-8-4-6-9(7-5-8)14(16)17/h4-7,12H,1-3H3,(H,13,15). The molecule has 1 aromatic rings. The number of hydrogen-bond donors (Lipinski definition) is 2. The van der Waals surface area contributed by atoms with Crippen molar-refractivity contribution in [2.75, 3.05) is 12.4 Å². The number of carbonyl (C=O) groups is 1. The van der Waals surface area contributed by atoms with E-state index < -0.39 is 10.5 Å². The van der Waals surface area contributed by atoms with Crippen LogP contribution in [0.3, 0.4) is 0 Å². The zero-order valence-corrected chi connectivity index (χ0v) is 9.98. The fourth-order valence-electron chi connectivity index (χ4n) is 1.07. The van der Waals surface area contributed by atoms with Gasteiger partial charge in [0.15, 0.2) is 0 Å². The molecular weight excluding hydrogens is 222 g/mol. The molecule has 1 rings (SSSR count). The van der Waals surface area contributed by atoms with E-state index in [0.29, 0.717) is 5.69 Å². The predicted octanol–water partition coefficient (Wildman–Crippen LogP) is 1.53. The molecule has 0 spiro atoms. The molecule has 6 nitrogen and oxygen atoms in total. The van der Waals surface area contributed by atoms with E-state index in [9.17, 15) is 14.9 Å². The third-order valence-electron chi connectivity index (χ3n) is 2.53. The molecule has 0 aromatic heterocycles. The number of nitrogens with one attached hydrogen (secondary N) is 2. The van der Waals surface area contributed by atoms with Crippen molar-refractivity contribution in [2.24, 2.45) is 0 Å². The molecule has 6 heteroatoms. The van der Waals surface area contributed by atoms with Crippen LogP contribution >= 0.6 is 0 Å². The Morgan fingerprint density at radius 2 is 1.82 bits per heavy atom. The average molecular weight is 237 g/mol. The molecule has 0 saturated carbocycles. The Morgan fingerprint density at radius 1 is 1.29 bits per heavy atom. The Bertz CT molecular complexity index is 426. The molecule has 0 unspecified atom stereocenters. The molecule has 0 heterocycles. The number of non-ortho nitro benzene ring substituents is 1. The lowest BCUT2D eigenvalue weighted by atomic mass is 10.1. The predicted molar refractivity (Wildman–Crippen MR) is 64.9 cm³/mol. The first kappa shape index (κ1) is 13.1. The fourth-order valence-corrected chi connectivity index (χ4v) is 1.07. The molecule has 0 bridgehead atoms. The van der Waals surface area contributed by atoms with E-state index >= 15 is 0 Å². The number of carbonyl (C=O) groups excluding carboxylic acids is 1. The Morgan fingerprint density at radius 3 is 2.24 bits per heavy atom. The first-order chi connectivity index (χ1) is 7.86. The summed E-state index contributed by atoms with van der Waals surface area (Å²) in [6.07, 6.45) is 0. The van der Waals surface area contributed by atoms with E-state index in [2.05, 4.69) is 10.6 Å². The molecule has 2 N–H and O–H groups in total. The largest absolute Gasteiger partial charge is 0.324 e. The summed E-state index contributed by atoms with van der Waals surface area (Å²) in [5, 5.41) is 16.0. The lowest BCUT2D eigenvalue weighted by Crippen LogP contribution is -2.47. The van der Waals surface area contributed by atoms with E-state index in [0.717, 1.165) is 0 Å². The number of benzene rings is 1. The average Bonchev–Trinajstić information content (AvgIpc) is 2.29. The Hall–Kier alpha value is -1.95. The highest BCUT2D eigenvalue weighted by Crippen LogP contribution is 2.16. The summed E-state index contributed by atoms with van der Waals surface area (Å²) in [4.78, 5) is 21.7. The second kappa shape index (κ2) is 4.92. The number of nitrogens with zero attached hydrogens (tertiary/aromatic N) is 1. The number of nitro groups is 1. The van der Waals surface area contributed by atoms with Gasteiger partial charge in [0, 0.05) is 17.8 Å². The molecule has 0 aliphatic heterocycles. The molecule has 0 atom stereocenters. The van der Waals surface area contributed by atoms with Crippen LogP contribution in [-0.4, -0.2) is 23.4 Å². The second-order valence-electron chi connectivity index (χ2n) is 4.13. The van der Waals surface area contributed by atoms with E-state index in [4.69, 9.17) is 0 Å². The van der Waals surface area contributed by atoms with Crippen LogP contribution in [-0.2, 0) is 4.79 Å². The van der Waals surface area contributed by atoms with Gasteiger partial charge in [0.25, 0.3) is 5.69 Å². The van der Waals surface area contributed by atoms with Gasteiger partial charge in [-0.05, 0) is 33.0 Å². The highest BCUT2D eigenvalue weighted by molar-refractivity contribution is 5.97. The van der Waals surface area contributed by atoms with Gasteiger partial charge in [-0.2, -0.15) is 0 Å². The van der Waals surface area contributed by atoms with E-state index in [1.54, 1.807) is 20.9 Å². The summed E-state index contributed by atoms with van der Waals surface area (Å²) in [5.41, 5.74) is -0.165. The van der Waals surface area contributed by atoms with Crippen molar-refractivity contribution in [3.63, 3.8) is 0 Å². The van der Waals surface area contributed by atoms with Gasteiger partial charge in [0.1, 0.15) is 0 Å². The third kappa shape index (κ3) is 3.25. The summed E-state index contributed by atoms with van der Waals surface area (Å²) in [6, 6.07) is 5.70. The summed E-state index contributed by atoms with van der Waals surface area (Å²) in [5.74, 6) is -0.200. The third-order valence-corrected chi connectivity index (χ3v) is 2.53. The highest BCUT2D eigenvalue weighted by atomic mass is 16.6. The minimum absolute atomic E-state index is 0.00382. The van der Waals surface area contributed by atoms with Crippen molar-refractivity contribution >= 4 is 17.3 Å². The van der Waals surface area contributed by atoms with Crippen molar-refractivity contribution in [2.45, 2.75) is 19.4 Å². The quantitative estimate of drug-likeness (QED) is 0.614. The minimum atomic E-state index is -0.693. The van der Waals surface area contributed by atoms with Crippen molar-refractivity contribution in [3.05, 3.63) is 34.4 Å². The van der Waals surface area contributed by atoms with Crippen LogP contribution in [0.25, 0.3) is 0 Å². The van der Waals surface area contributed by atoms with Gasteiger partial charge >= 0.3 is 0 Å². The van der Waals surface area contributed by atoms with Crippen molar-refractivity contribution in [3.8, 4) is 0 Å². The van der Waals surface area contributed by atoms with Crippen LogP contribution in [0.2, 0.25) is 0 Å². The van der Waals surface area contributed by atoms with Crippen LogP contribution in [0, 0.1) is 10.1 Å². The van der Waals surface area contributed by atoms with Gasteiger partial charge in [-0.25, -0.2) is 0 Å². The van der Waals surface area contributed by atoms with Crippen molar-refractivity contribution in [1.29, 1.82) is 0 Å². The van der Waals surface area contributed by atoms with Gasteiger partial charge in [-0.15, -0.1) is 0 Å². The van der Waals surface area contributed by atoms with Crippen LogP contribution in [0.15, 0.2) is 24.3 Å². The molecule has 1 aromatic carbocycles. The zero-order valence-electron chi connectivity index (χ0n) is 9.98. The maximum absolute atomic E-state index is 11.8. The van der Waals surface area contributed by atoms with Gasteiger partial charge < -0.3 is 10.6 Å². The molecule has 0 aliphatic rings. The summed E-state index contributed by atoms with van der Waals surface area (Å²) in [6.45, 7) is 3.49. The summed E-state index contributed by atoms with van der Waals surface area (Å²) < 4.78 is 0. The van der Waals surface area contributed by atoms with Gasteiger partial charge in [0.2, 0.25) is 5.91 Å². The molecule has 0 saturated heterocycles. The minimum Gasteiger partial charge on any atom is -0.324 e. The smallest absolute Gasteiger partial charge is 0.269 e. The maximum atomic E-state index is 11.8. The first-order valence-electron chi connectivity index (χ1n) is 5.11. The van der Waals surface area contributed by atoms with E-state index in [1.165, 1.54) is 24.3 Å². The van der Waals surface area contributed by atoms with Gasteiger partial charge in [0.05, 0.1) is 10.5 Å². The molecule has 1 amide bonds. The normalized spacial score (nSPS) is 11.0. The number of hydrogen-bond acceptors (Lipinski definition) is 4. The van der Waals surface area contributed by atoms with Crippen LogP contribution in [0.1, 0.15) is 13.8 Å².